The van der Waals surface area contributed by atoms with E-state index < -0.39 is 0 Å². The number of hydrogen-bond donors (Lipinski definition) is 2. The topological polar surface area (TPSA) is 106 Å². The Kier molecular flexibility index (Phi) is 6.21. The van der Waals surface area contributed by atoms with Gasteiger partial charge in [-0.1, -0.05) is 19.9 Å². The first-order valence-electron chi connectivity index (χ1n) is 12.0. The molecule has 0 saturated carbocycles. The van der Waals surface area contributed by atoms with E-state index in [1.807, 2.05) is 12.3 Å². The van der Waals surface area contributed by atoms with Crippen LogP contribution in [0.4, 0.5) is 5.82 Å². The molecule has 2 unspecified atom stereocenters. The lowest BCUT2D eigenvalue weighted by Gasteiger charge is -2.27. The molecule has 1 aromatic carbocycles. The maximum absolute atomic E-state index is 6.19. The third-order valence-electron chi connectivity index (χ3n) is 7.04. The lowest BCUT2D eigenvalue weighted by atomic mass is 9.87. The van der Waals surface area contributed by atoms with Gasteiger partial charge in [-0.15, -0.1) is 0 Å². The standard InChI is InChI=1S/C27H31N7O/c1-16-10-20(11-21-15-34(4)9-7-22(16)21)23-13-30-26(28)27(32-23)35-24-14-31-33-25(24)18(3)17(2)19-6-5-8-29-12-19/h5-6,8,10-14,17-18H,7,9,15H2,1-4H3,(H2,28,30)(H,31,33). The largest absolute Gasteiger partial charge is 0.432 e. The number of pyridine rings is 1. The molecule has 0 amide bonds. The van der Waals surface area contributed by atoms with Crippen molar-refractivity contribution in [2.45, 2.75) is 45.6 Å². The van der Waals surface area contributed by atoms with Crippen LogP contribution in [0.2, 0.25) is 0 Å². The zero-order chi connectivity index (χ0) is 24.5. The normalized spacial score (nSPS) is 15.4. The summed E-state index contributed by atoms with van der Waals surface area (Å²) in [5.74, 6) is 1.38. The number of anilines is 1. The summed E-state index contributed by atoms with van der Waals surface area (Å²) in [6, 6.07) is 8.41. The van der Waals surface area contributed by atoms with E-state index in [1.165, 1.54) is 16.7 Å². The van der Waals surface area contributed by atoms with Gasteiger partial charge >= 0.3 is 0 Å². The van der Waals surface area contributed by atoms with Crippen LogP contribution in [0.1, 0.15) is 53.6 Å². The average Bonchev–Trinajstić information content (AvgIpc) is 3.32. The van der Waals surface area contributed by atoms with Gasteiger partial charge in [0.1, 0.15) is 5.69 Å². The molecule has 5 rings (SSSR count). The van der Waals surface area contributed by atoms with E-state index in [0.717, 1.165) is 42.0 Å². The number of nitrogens with one attached hydrogen (secondary N) is 1. The van der Waals surface area contributed by atoms with Gasteiger partial charge in [0.2, 0.25) is 0 Å². The zero-order valence-electron chi connectivity index (χ0n) is 20.6. The molecule has 4 heterocycles. The van der Waals surface area contributed by atoms with Crippen molar-refractivity contribution in [3.63, 3.8) is 0 Å². The van der Waals surface area contributed by atoms with Gasteiger partial charge in [0, 0.05) is 37.0 Å². The first-order chi connectivity index (χ1) is 16.9. The number of nitrogen functional groups attached to an aromatic ring is 1. The van der Waals surface area contributed by atoms with Crippen molar-refractivity contribution in [3.05, 3.63) is 77.0 Å². The second-order valence-corrected chi connectivity index (χ2v) is 9.46. The number of H-pyrrole nitrogens is 1. The van der Waals surface area contributed by atoms with Crippen LogP contribution in [0, 0.1) is 6.92 Å². The molecule has 8 heteroatoms. The number of aryl methyl sites for hydroxylation is 1. The molecule has 0 aliphatic carbocycles. The molecule has 35 heavy (non-hydrogen) atoms. The highest BCUT2D eigenvalue weighted by Gasteiger charge is 2.24. The predicted octanol–water partition coefficient (Wildman–Crippen LogP) is 4.84. The number of benzene rings is 1. The summed E-state index contributed by atoms with van der Waals surface area (Å²) in [4.78, 5) is 15.7. The van der Waals surface area contributed by atoms with E-state index in [-0.39, 0.29) is 23.5 Å². The summed E-state index contributed by atoms with van der Waals surface area (Å²) in [5, 5.41) is 7.41. The molecule has 1 aliphatic heterocycles. The van der Waals surface area contributed by atoms with Crippen molar-refractivity contribution in [1.29, 1.82) is 0 Å². The van der Waals surface area contributed by atoms with Crippen LogP contribution in [0.15, 0.2) is 49.1 Å². The minimum absolute atomic E-state index is 0.0816. The Balaban J connectivity index is 1.43. The molecule has 0 spiro atoms. The van der Waals surface area contributed by atoms with E-state index >= 15 is 0 Å². The van der Waals surface area contributed by atoms with Crippen molar-refractivity contribution in [2.24, 2.45) is 0 Å². The first-order valence-corrected chi connectivity index (χ1v) is 12.0. The molecule has 0 bridgehead atoms. The van der Waals surface area contributed by atoms with E-state index in [1.54, 1.807) is 18.6 Å². The first kappa shape index (κ1) is 23.0. The van der Waals surface area contributed by atoms with E-state index in [9.17, 15) is 0 Å². The maximum atomic E-state index is 6.19. The smallest absolute Gasteiger partial charge is 0.263 e. The van der Waals surface area contributed by atoms with Crippen molar-refractivity contribution < 1.29 is 4.74 Å². The minimum Gasteiger partial charge on any atom is -0.432 e. The summed E-state index contributed by atoms with van der Waals surface area (Å²) >= 11 is 0. The summed E-state index contributed by atoms with van der Waals surface area (Å²) in [6.07, 6.45) is 8.17. The highest BCUT2D eigenvalue weighted by Crippen LogP contribution is 2.38. The molecule has 0 fully saturated rings. The number of fused-ring (bicyclic) bond motifs is 1. The number of aromatic amines is 1. The van der Waals surface area contributed by atoms with Gasteiger partial charge in [0.05, 0.1) is 18.1 Å². The fraction of sp³-hybridized carbons (Fsp3) is 0.333. The van der Waals surface area contributed by atoms with Crippen LogP contribution in [-0.4, -0.2) is 43.6 Å². The number of nitrogens with two attached hydrogens (primary N) is 1. The molecule has 3 aromatic heterocycles. The molecule has 3 N–H and O–H groups in total. The van der Waals surface area contributed by atoms with Gasteiger partial charge in [-0.25, -0.2) is 9.97 Å². The van der Waals surface area contributed by atoms with E-state index in [2.05, 4.69) is 71.1 Å². The lowest BCUT2D eigenvalue weighted by Crippen LogP contribution is -2.27. The Hall–Kier alpha value is -3.78. The molecule has 4 aromatic rings. The molecule has 180 valence electrons. The third-order valence-corrected chi connectivity index (χ3v) is 7.04. The van der Waals surface area contributed by atoms with Gasteiger partial charge in [-0.05, 0) is 66.8 Å². The predicted molar refractivity (Wildman–Crippen MR) is 136 cm³/mol. The molecular weight excluding hydrogens is 438 g/mol. The van der Waals surface area contributed by atoms with Crippen LogP contribution in [-0.2, 0) is 13.0 Å². The van der Waals surface area contributed by atoms with Crippen molar-refractivity contribution in [1.82, 2.24) is 30.0 Å². The molecule has 0 saturated heterocycles. The summed E-state index contributed by atoms with van der Waals surface area (Å²) in [5.41, 5.74) is 13.9. The quantitative estimate of drug-likeness (QED) is 0.416. The Morgan fingerprint density at radius 3 is 2.83 bits per heavy atom. The monoisotopic (exact) mass is 469 g/mol. The average molecular weight is 470 g/mol. The summed E-state index contributed by atoms with van der Waals surface area (Å²) in [6.45, 7) is 8.46. The van der Waals surface area contributed by atoms with Crippen molar-refractivity contribution in [2.75, 3.05) is 19.3 Å². The van der Waals surface area contributed by atoms with Gasteiger partial charge in [0.25, 0.3) is 5.88 Å². The minimum atomic E-state index is 0.0816. The zero-order valence-corrected chi connectivity index (χ0v) is 20.6. The number of hydrogen-bond acceptors (Lipinski definition) is 7. The number of nitrogens with zero attached hydrogens (tertiary/aromatic N) is 5. The van der Waals surface area contributed by atoms with Crippen LogP contribution in [0.3, 0.4) is 0 Å². The number of likely N-dealkylation sites (N-methyl/N-ethyl adjacent to an activating group) is 1. The number of ether oxygens (including phenoxy) is 1. The third kappa shape index (κ3) is 4.61. The highest BCUT2D eigenvalue weighted by molar-refractivity contribution is 5.64. The van der Waals surface area contributed by atoms with Crippen molar-refractivity contribution >= 4 is 5.82 Å². The number of rotatable bonds is 6. The molecule has 0 radical (unpaired) electrons. The van der Waals surface area contributed by atoms with Crippen LogP contribution in [0.5, 0.6) is 11.6 Å². The molecule has 2 atom stereocenters. The molecule has 8 nitrogen and oxygen atoms in total. The van der Waals surface area contributed by atoms with Crippen LogP contribution in [0.25, 0.3) is 11.3 Å². The highest BCUT2D eigenvalue weighted by atomic mass is 16.5. The second kappa shape index (κ2) is 9.46. The fourth-order valence-electron chi connectivity index (χ4n) is 4.78. The fourth-order valence-corrected chi connectivity index (χ4v) is 4.78. The SMILES string of the molecule is Cc1cc(-c2cnc(N)c(Oc3c[nH]nc3C(C)C(C)c3cccnc3)n2)cc2c1CCN(C)C2. The van der Waals surface area contributed by atoms with Gasteiger partial charge < -0.3 is 15.4 Å². The summed E-state index contributed by atoms with van der Waals surface area (Å²) in [7, 11) is 2.15. The van der Waals surface area contributed by atoms with Gasteiger partial charge in [0.15, 0.2) is 11.6 Å². The van der Waals surface area contributed by atoms with Crippen LogP contribution >= 0.6 is 0 Å². The molecular formula is C27H31N7O. The Bertz CT molecular complexity index is 1330. The number of aromatic nitrogens is 5. The second-order valence-electron chi connectivity index (χ2n) is 9.46. The van der Waals surface area contributed by atoms with Crippen molar-refractivity contribution in [3.8, 4) is 22.9 Å². The Labute approximate surface area is 205 Å². The Morgan fingerprint density at radius 1 is 1.17 bits per heavy atom. The van der Waals surface area contributed by atoms with E-state index in [4.69, 9.17) is 15.5 Å². The Morgan fingerprint density at radius 2 is 2.03 bits per heavy atom. The lowest BCUT2D eigenvalue weighted by molar-refractivity contribution is 0.312. The van der Waals surface area contributed by atoms with E-state index in [0.29, 0.717) is 5.75 Å². The van der Waals surface area contributed by atoms with Gasteiger partial charge in [-0.2, -0.15) is 5.10 Å². The van der Waals surface area contributed by atoms with Gasteiger partial charge in [-0.3, -0.25) is 10.1 Å². The summed E-state index contributed by atoms with van der Waals surface area (Å²) < 4.78 is 6.19. The molecule has 1 aliphatic rings. The van der Waals surface area contributed by atoms with Crippen LogP contribution < -0.4 is 10.5 Å². The maximum Gasteiger partial charge on any atom is 0.263 e.